The van der Waals surface area contributed by atoms with Gasteiger partial charge in [-0.3, -0.25) is 19.1 Å². The number of carbonyl (C=O) groups is 1. The van der Waals surface area contributed by atoms with Crippen molar-refractivity contribution in [3.8, 4) is 11.5 Å². The largest absolute Gasteiger partial charge is 0.493 e. The molecule has 29 heavy (non-hydrogen) atoms. The summed E-state index contributed by atoms with van der Waals surface area (Å²) in [5, 5.41) is 3.00. The zero-order chi connectivity index (χ0) is 20.7. The molecular formula is C20H20N4O5. The number of benzene rings is 1. The summed E-state index contributed by atoms with van der Waals surface area (Å²) in [6.07, 6.45) is 3.10. The molecular weight excluding hydrogens is 376 g/mol. The average molecular weight is 396 g/mol. The Bertz CT molecular complexity index is 1240. The van der Waals surface area contributed by atoms with Gasteiger partial charge in [0.2, 0.25) is 0 Å². The molecule has 1 amide bonds. The van der Waals surface area contributed by atoms with Gasteiger partial charge < -0.3 is 14.8 Å². The van der Waals surface area contributed by atoms with Gasteiger partial charge in [-0.15, -0.1) is 0 Å². The number of anilines is 1. The molecule has 3 aromatic rings. The first-order valence-electron chi connectivity index (χ1n) is 9.11. The SMILES string of the molecule is COc1cc(C)c(NC(=O)c2cnc3c(c2)c(=O)[nH]c(=O)n3C2CC2)cc1OC. The lowest BCUT2D eigenvalue weighted by Gasteiger charge is -2.14. The van der Waals surface area contributed by atoms with E-state index >= 15 is 0 Å². The number of hydrogen-bond donors (Lipinski definition) is 2. The fourth-order valence-electron chi connectivity index (χ4n) is 3.24. The topological polar surface area (TPSA) is 115 Å². The zero-order valence-electron chi connectivity index (χ0n) is 16.2. The number of aryl methyl sites for hydroxylation is 1. The van der Waals surface area contributed by atoms with Crippen LogP contribution in [0.3, 0.4) is 0 Å². The minimum absolute atomic E-state index is 0.0449. The molecule has 1 saturated carbocycles. The molecule has 0 unspecified atom stereocenters. The standard InChI is InChI=1S/C20H20N4O5/c1-10-6-15(28-2)16(29-3)8-14(10)22-18(25)11-7-13-17(21-9-11)24(12-4-5-12)20(27)23-19(13)26/h6-9,12H,4-5H2,1-3H3,(H,22,25)(H,23,26,27). The molecule has 150 valence electrons. The fraction of sp³-hybridized carbons (Fsp3) is 0.300. The number of fused-ring (bicyclic) bond motifs is 1. The highest BCUT2D eigenvalue weighted by atomic mass is 16.5. The number of rotatable bonds is 5. The average Bonchev–Trinajstić information content (AvgIpc) is 3.53. The van der Waals surface area contributed by atoms with Gasteiger partial charge in [-0.05, 0) is 37.5 Å². The van der Waals surface area contributed by atoms with Crippen LogP contribution in [0.4, 0.5) is 5.69 Å². The van der Waals surface area contributed by atoms with Crippen LogP contribution in [0.1, 0.15) is 34.8 Å². The van der Waals surface area contributed by atoms with Gasteiger partial charge >= 0.3 is 5.69 Å². The number of hydrogen-bond acceptors (Lipinski definition) is 6. The van der Waals surface area contributed by atoms with Crippen LogP contribution in [-0.4, -0.2) is 34.7 Å². The minimum atomic E-state index is -0.564. The van der Waals surface area contributed by atoms with Crippen molar-refractivity contribution in [3.63, 3.8) is 0 Å². The van der Waals surface area contributed by atoms with Gasteiger partial charge in [0.05, 0.1) is 25.2 Å². The molecule has 1 fully saturated rings. The first-order valence-corrected chi connectivity index (χ1v) is 9.11. The Morgan fingerprint density at radius 1 is 1.17 bits per heavy atom. The van der Waals surface area contributed by atoms with Gasteiger partial charge in [-0.2, -0.15) is 0 Å². The Morgan fingerprint density at radius 2 is 1.86 bits per heavy atom. The van der Waals surface area contributed by atoms with Crippen molar-refractivity contribution in [2.45, 2.75) is 25.8 Å². The summed E-state index contributed by atoms with van der Waals surface area (Å²) >= 11 is 0. The number of carbonyl (C=O) groups excluding carboxylic acids is 1. The second-order valence-electron chi connectivity index (χ2n) is 6.93. The lowest BCUT2D eigenvalue weighted by atomic mass is 10.1. The van der Waals surface area contributed by atoms with Crippen LogP contribution < -0.4 is 26.0 Å². The number of ether oxygens (including phenoxy) is 2. The van der Waals surface area contributed by atoms with Crippen molar-refractivity contribution in [3.05, 3.63) is 56.4 Å². The maximum absolute atomic E-state index is 12.8. The van der Waals surface area contributed by atoms with Crippen LogP contribution in [0.15, 0.2) is 34.0 Å². The maximum Gasteiger partial charge on any atom is 0.330 e. The molecule has 0 aliphatic heterocycles. The maximum atomic E-state index is 12.8. The summed E-state index contributed by atoms with van der Waals surface area (Å²) in [4.78, 5) is 43.7. The number of aromatic nitrogens is 3. The molecule has 0 saturated heterocycles. The van der Waals surface area contributed by atoms with Crippen LogP contribution in [-0.2, 0) is 0 Å². The van der Waals surface area contributed by atoms with Crippen molar-refractivity contribution in [2.24, 2.45) is 0 Å². The molecule has 9 heteroatoms. The molecule has 1 aliphatic carbocycles. The lowest BCUT2D eigenvalue weighted by Crippen LogP contribution is -2.30. The van der Waals surface area contributed by atoms with Crippen LogP contribution in [0.2, 0.25) is 0 Å². The van der Waals surface area contributed by atoms with Gasteiger partial charge in [0.15, 0.2) is 11.5 Å². The molecule has 1 aromatic carbocycles. The van der Waals surface area contributed by atoms with Crippen LogP contribution >= 0.6 is 0 Å². The van der Waals surface area contributed by atoms with Crippen molar-refractivity contribution in [1.29, 1.82) is 0 Å². The predicted molar refractivity (Wildman–Crippen MR) is 107 cm³/mol. The number of amides is 1. The molecule has 1 aliphatic rings. The van der Waals surface area contributed by atoms with Crippen LogP contribution in [0, 0.1) is 6.92 Å². The summed E-state index contributed by atoms with van der Waals surface area (Å²) in [5.74, 6) is 0.605. The molecule has 0 radical (unpaired) electrons. The first-order chi connectivity index (χ1) is 13.9. The van der Waals surface area contributed by atoms with E-state index in [4.69, 9.17) is 9.47 Å². The van der Waals surface area contributed by atoms with Gasteiger partial charge in [-0.1, -0.05) is 0 Å². The summed E-state index contributed by atoms with van der Waals surface area (Å²) in [6, 6.07) is 4.92. The van der Waals surface area contributed by atoms with E-state index in [0.717, 1.165) is 18.4 Å². The number of methoxy groups -OCH3 is 2. The van der Waals surface area contributed by atoms with E-state index in [0.29, 0.717) is 22.8 Å². The number of pyridine rings is 1. The van der Waals surface area contributed by atoms with Crippen molar-refractivity contribution in [1.82, 2.24) is 14.5 Å². The second-order valence-corrected chi connectivity index (χ2v) is 6.93. The smallest absolute Gasteiger partial charge is 0.330 e. The van der Waals surface area contributed by atoms with Crippen molar-refractivity contribution in [2.75, 3.05) is 19.5 Å². The molecule has 4 rings (SSSR count). The van der Waals surface area contributed by atoms with Gasteiger partial charge in [-0.25, -0.2) is 9.78 Å². The van der Waals surface area contributed by atoms with Crippen LogP contribution in [0.5, 0.6) is 11.5 Å². The summed E-state index contributed by atoms with van der Waals surface area (Å²) in [7, 11) is 3.05. The van der Waals surface area contributed by atoms with E-state index in [9.17, 15) is 14.4 Å². The highest BCUT2D eigenvalue weighted by Gasteiger charge is 2.28. The molecule has 2 aromatic heterocycles. The third-order valence-corrected chi connectivity index (χ3v) is 4.93. The molecule has 0 bridgehead atoms. The van der Waals surface area contributed by atoms with E-state index in [2.05, 4.69) is 15.3 Å². The quantitative estimate of drug-likeness (QED) is 0.682. The highest BCUT2D eigenvalue weighted by Crippen LogP contribution is 2.35. The number of nitrogens with zero attached hydrogens (tertiary/aromatic N) is 2. The number of aromatic amines is 1. The monoisotopic (exact) mass is 396 g/mol. The lowest BCUT2D eigenvalue weighted by molar-refractivity contribution is 0.102. The first kappa shape index (κ1) is 18.7. The summed E-state index contributed by atoms with van der Waals surface area (Å²) < 4.78 is 12.0. The molecule has 2 heterocycles. The Morgan fingerprint density at radius 3 is 2.52 bits per heavy atom. The fourth-order valence-corrected chi connectivity index (χ4v) is 3.24. The van der Waals surface area contributed by atoms with E-state index in [1.807, 2.05) is 6.92 Å². The van der Waals surface area contributed by atoms with E-state index < -0.39 is 17.2 Å². The highest BCUT2D eigenvalue weighted by molar-refractivity contribution is 6.06. The van der Waals surface area contributed by atoms with E-state index in [1.165, 1.54) is 31.0 Å². The predicted octanol–water partition coefficient (Wildman–Crippen LogP) is 2.00. The Kier molecular flexibility index (Phi) is 4.57. The molecule has 0 spiro atoms. The minimum Gasteiger partial charge on any atom is -0.493 e. The third kappa shape index (κ3) is 3.35. The van der Waals surface area contributed by atoms with E-state index in [-0.39, 0.29) is 17.0 Å². The Labute approximate surface area is 165 Å². The van der Waals surface area contributed by atoms with Gasteiger partial charge in [0, 0.05) is 24.0 Å². The summed E-state index contributed by atoms with van der Waals surface area (Å²) in [6.45, 7) is 1.83. The Balaban J connectivity index is 1.71. The third-order valence-electron chi connectivity index (χ3n) is 4.93. The number of nitrogens with one attached hydrogen (secondary N) is 2. The zero-order valence-corrected chi connectivity index (χ0v) is 16.2. The van der Waals surface area contributed by atoms with Crippen LogP contribution in [0.25, 0.3) is 11.0 Å². The van der Waals surface area contributed by atoms with E-state index in [1.54, 1.807) is 12.1 Å². The van der Waals surface area contributed by atoms with Gasteiger partial charge in [0.1, 0.15) is 5.65 Å². The second kappa shape index (κ2) is 7.08. The normalized spacial score (nSPS) is 13.3. The van der Waals surface area contributed by atoms with Crippen molar-refractivity contribution < 1.29 is 14.3 Å². The molecule has 0 atom stereocenters. The molecule has 9 nitrogen and oxygen atoms in total. The van der Waals surface area contributed by atoms with Gasteiger partial charge in [0.25, 0.3) is 11.5 Å². The molecule has 2 N–H and O–H groups in total. The summed E-state index contributed by atoms with van der Waals surface area (Å²) in [5.41, 5.74) is 0.787. The number of H-pyrrole nitrogens is 1. The Hall–Kier alpha value is -3.62. The van der Waals surface area contributed by atoms with Crippen molar-refractivity contribution >= 4 is 22.6 Å².